The van der Waals surface area contributed by atoms with Crippen molar-refractivity contribution in [1.29, 1.82) is 0 Å². The highest BCUT2D eigenvalue weighted by molar-refractivity contribution is 9.10. The van der Waals surface area contributed by atoms with Crippen molar-refractivity contribution < 1.29 is 22.7 Å². The molecule has 20 heavy (non-hydrogen) atoms. The quantitative estimate of drug-likeness (QED) is 0.648. The Morgan fingerprint density at radius 1 is 0.950 bits per heavy atom. The van der Waals surface area contributed by atoms with Crippen LogP contribution in [0.15, 0.2) is 34.8 Å². The van der Waals surface area contributed by atoms with Crippen LogP contribution in [0.4, 0.5) is 17.6 Å². The molecule has 0 aromatic heterocycles. The molecule has 0 aliphatic rings. The van der Waals surface area contributed by atoms with Gasteiger partial charge in [0, 0.05) is 16.5 Å². The van der Waals surface area contributed by atoms with Crippen LogP contribution in [0.3, 0.4) is 0 Å². The van der Waals surface area contributed by atoms with E-state index in [1.54, 1.807) is 6.07 Å². The first-order chi connectivity index (χ1) is 9.40. The Kier molecular flexibility index (Phi) is 4.45. The molecule has 106 valence electrons. The average Bonchev–Trinajstić information content (AvgIpc) is 2.39. The molecule has 1 nitrogen and oxygen atoms in total. The third-order valence-corrected chi connectivity index (χ3v) is 3.35. The first-order valence-electron chi connectivity index (χ1n) is 5.65. The Hall–Kier alpha value is -1.40. The van der Waals surface area contributed by atoms with Crippen LogP contribution in [0.25, 0.3) is 0 Å². The lowest BCUT2D eigenvalue weighted by Gasteiger charge is -2.13. The molecule has 0 saturated carbocycles. The molecule has 0 fully saturated rings. The van der Waals surface area contributed by atoms with Crippen molar-refractivity contribution in [3.8, 4) is 0 Å². The van der Waals surface area contributed by atoms with E-state index in [0.29, 0.717) is 4.47 Å². The van der Waals surface area contributed by atoms with Gasteiger partial charge in [0.2, 0.25) is 0 Å². The molecule has 2 aromatic rings. The summed E-state index contributed by atoms with van der Waals surface area (Å²) in [7, 11) is 0. The summed E-state index contributed by atoms with van der Waals surface area (Å²) >= 11 is 3.08. The normalized spacial score (nSPS) is 12.5. The van der Waals surface area contributed by atoms with Gasteiger partial charge in [-0.05, 0) is 23.8 Å². The predicted molar refractivity (Wildman–Crippen MR) is 69.1 cm³/mol. The van der Waals surface area contributed by atoms with Crippen molar-refractivity contribution in [1.82, 2.24) is 0 Å². The number of benzene rings is 2. The number of halogens is 5. The van der Waals surface area contributed by atoms with Crippen LogP contribution in [-0.4, -0.2) is 5.11 Å². The Morgan fingerprint density at radius 3 is 2.30 bits per heavy atom. The zero-order chi connectivity index (χ0) is 14.9. The third kappa shape index (κ3) is 3.02. The summed E-state index contributed by atoms with van der Waals surface area (Å²) in [5, 5.41) is 9.86. The smallest absolute Gasteiger partial charge is 0.194 e. The molecule has 1 atom stereocenters. The van der Waals surface area contributed by atoms with E-state index >= 15 is 0 Å². The number of hydrogen-bond donors (Lipinski definition) is 1. The van der Waals surface area contributed by atoms with Crippen molar-refractivity contribution >= 4 is 15.9 Å². The number of aliphatic hydroxyl groups excluding tert-OH is 1. The zero-order valence-electron chi connectivity index (χ0n) is 10.0. The maximum atomic E-state index is 13.6. The molecule has 0 spiro atoms. The lowest BCUT2D eigenvalue weighted by Crippen LogP contribution is -2.08. The van der Waals surface area contributed by atoms with E-state index in [2.05, 4.69) is 15.9 Å². The maximum Gasteiger partial charge on any atom is 0.194 e. The van der Waals surface area contributed by atoms with Gasteiger partial charge in [-0.15, -0.1) is 0 Å². The minimum Gasteiger partial charge on any atom is -0.388 e. The van der Waals surface area contributed by atoms with Gasteiger partial charge in [0.25, 0.3) is 0 Å². The molecule has 1 N–H and O–H groups in total. The van der Waals surface area contributed by atoms with Crippen LogP contribution >= 0.6 is 15.9 Å². The molecule has 0 heterocycles. The van der Waals surface area contributed by atoms with Gasteiger partial charge in [-0.3, -0.25) is 0 Å². The summed E-state index contributed by atoms with van der Waals surface area (Å²) in [5.74, 6) is -5.04. The summed E-state index contributed by atoms with van der Waals surface area (Å²) < 4.78 is 53.5. The minimum atomic E-state index is -1.65. The Bertz CT molecular complexity index is 645. The van der Waals surface area contributed by atoms with Gasteiger partial charge in [0.05, 0.1) is 6.10 Å². The van der Waals surface area contributed by atoms with Gasteiger partial charge in [0.1, 0.15) is 5.82 Å². The minimum absolute atomic E-state index is 0.143. The van der Waals surface area contributed by atoms with Crippen LogP contribution in [0, 0.1) is 23.3 Å². The van der Waals surface area contributed by atoms with E-state index in [-0.39, 0.29) is 12.0 Å². The van der Waals surface area contributed by atoms with E-state index in [1.807, 2.05) is 0 Å². The fourth-order valence-electron chi connectivity index (χ4n) is 1.80. The average molecular weight is 349 g/mol. The SMILES string of the molecule is OC(Cc1ccc(Br)cc1F)c1ccc(F)c(F)c1F. The fourth-order valence-corrected chi connectivity index (χ4v) is 2.14. The summed E-state index contributed by atoms with van der Waals surface area (Å²) in [5.41, 5.74) is -0.268. The molecule has 0 radical (unpaired) electrons. The second-order valence-corrected chi connectivity index (χ2v) is 5.14. The number of hydrogen-bond acceptors (Lipinski definition) is 1. The van der Waals surface area contributed by atoms with E-state index in [1.165, 1.54) is 12.1 Å². The Balaban J connectivity index is 2.28. The van der Waals surface area contributed by atoms with Crippen LogP contribution in [0.2, 0.25) is 0 Å². The number of aliphatic hydroxyl groups is 1. The van der Waals surface area contributed by atoms with Crippen LogP contribution in [0.1, 0.15) is 17.2 Å². The topological polar surface area (TPSA) is 20.2 Å². The molecule has 0 aliphatic heterocycles. The van der Waals surface area contributed by atoms with Crippen LogP contribution in [-0.2, 0) is 6.42 Å². The van der Waals surface area contributed by atoms with Gasteiger partial charge < -0.3 is 5.11 Å². The Morgan fingerprint density at radius 2 is 1.65 bits per heavy atom. The molecule has 0 aliphatic carbocycles. The molecule has 0 amide bonds. The first kappa shape index (κ1) is 15.0. The highest BCUT2D eigenvalue weighted by atomic mass is 79.9. The van der Waals surface area contributed by atoms with E-state index < -0.39 is 34.9 Å². The molecule has 0 saturated heterocycles. The lowest BCUT2D eigenvalue weighted by atomic mass is 10.0. The highest BCUT2D eigenvalue weighted by Crippen LogP contribution is 2.26. The maximum absolute atomic E-state index is 13.6. The van der Waals surface area contributed by atoms with Crippen molar-refractivity contribution in [2.45, 2.75) is 12.5 Å². The fraction of sp³-hybridized carbons (Fsp3) is 0.143. The van der Waals surface area contributed by atoms with Gasteiger partial charge in [-0.1, -0.05) is 28.1 Å². The van der Waals surface area contributed by atoms with Crippen LogP contribution < -0.4 is 0 Å². The van der Waals surface area contributed by atoms with Crippen molar-refractivity contribution in [3.05, 3.63) is 69.2 Å². The second-order valence-electron chi connectivity index (χ2n) is 4.22. The molecule has 1 unspecified atom stereocenters. The first-order valence-corrected chi connectivity index (χ1v) is 6.45. The summed E-state index contributed by atoms with van der Waals surface area (Å²) in [6.45, 7) is 0. The predicted octanol–water partition coefficient (Wildman–Crippen LogP) is 4.28. The lowest BCUT2D eigenvalue weighted by molar-refractivity contribution is 0.170. The van der Waals surface area contributed by atoms with Crippen LogP contribution in [0.5, 0.6) is 0 Å². The monoisotopic (exact) mass is 348 g/mol. The molecular formula is C14H9BrF4O. The van der Waals surface area contributed by atoms with Crippen molar-refractivity contribution in [2.24, 2.45) is 0 Å². The Labute approximate surface area is 121 Å². The van der Waals surface area contributed by atoms with Gasteiger partial charge in [0.15, 0.2) is 17.5 Å². The highest BCUT2D eigenvalue weighted by Gasteiger charge is 2.20. The molecule has 0 bridgehead atoms. The molecular weight excluding hydrogens is 340 g/mol. The summed E-state index contributed by atoms with van der Waals surface area (Å²) in [6.07, 6.45) is -1.72. The number of rotatable bonds is 3. The summed E-state index contributed by atoms with van der Waals surface area (Å²) in [6, 6.07) is 5.83. The van der Waals surface area contributed by atoms with E-state index in [4.69, 9.17) is 0 Å². The third-order valence-electron chi connectivity index (χ3n) is 2.85. The standard InChI is InChI=1S/C14H9BrF4O/c15-8-2-1-7(11(17)6-8)5-12(20)9-3-4-10(16)14(19)13(9)18/h1-4,6,12,20H,5H2. The van der Waals surface area contributed by atoms with E-state index in [9.17, 15) is 22.7 Å². The van der Waals surface area contributed by atoms with Gasteiger partial charge in [-0.25, -0.2) is 17.6 Å². The van der Waals surface area contributed by atoms with Gasteiger partial charge in [-0.2, -0.15) is 0 Å². The van der Waals surface area contributed by atoms with Crippen molar-refractivity contribution in [2.75, 3.05) is 0 Å². The molecule has 2 rings (SSSR count). The van der Waals surface area contributed by atoms with E-state index in [0.717, 1.165) is 12.1 Å². The second kappa shape index (κ2) is 5.93. The molecule has 2 aromatic carbocycles. The largest absolute Gasteiger partial charge is 0.388 e. The zero-order valence-corrected chi connectivity index (χ0v) is 11.6. The summed E-state index contributed by atoms with van der Waals surface area (Å²) in [4.78, 5) is 0. The molecule has 6 heteroatoms. The van der Waals surface area contributed by atoms with Gasteiger partial charge >= 0.3 is 0 Å². The van der Waals surface area contributed by atoms with Crippen molar-refractivity contribution in [3.63, 3.8) is 0 Å².